The largest absolute Gasteiger partial charge is 0.309 e. The summed E-state index contributed by atoms with van der Waals surface area (Å²) < 4.78 is 2.64. The molecule has 1 aliphatic carbocycles. The maximum absolute atomic E-state index is 4.58. The van der Waals surface area contributed by atoms with E-state index in [0.29, 0.717) is 0 Å². The van der Waals surface area contributed by atoms with Crippen molar-refractivity contribution < 1.29 is 4.57 Å². The first-order chi connectivity index (χ1) is 19.3. The summed E-state index contributed by atoms with van der Waals surface area (Å²) >= 11 is 0. The van der Waals surface area contributed by atoms with E-state index in [1.165, 1.54) is 67.3 Å². The smallest absolute Gasteiger partial charge is 0.244 e. The van der Waals surface area contributed by atoms with Crippen molar-refractivity contribution in [2.75, 3.05) is 16.5 Å². The number of anilines is 4. The quantitative estimate of drug-likeness (QED) is 0.195. The van der Waals surface area contributed by atoms with Gasteiger partial charge in [-0.25, -0.2) is 0 Å². The Hall–Kier alpha value is -4.70. The fourth-order valence-electron chi connectivity index (χ4n) is 8.58. The van der Waals surface area contributed by atoms with Crippen LogP contribution in [0.4, 0.5) is 22.7 Å². The van der Waals surface area contributed by atoms with E-state index >= 15 is 0 Å². The molecule has 0 amide bonds. The molecule has 4 heteroatoms. The predicted octanol–water partition coefficient (Wildman–Crippen LogP) is 6.29. The molecule has 5 aromatic rings. The number of pyridine rings is 1. The third-order valence-corrected chi connectivity index (χ3v) is 9.91. The number of rotatable bonds is 1. The molecule has 184 valence electrons. The van der Waals surface area contributed by atoms with Crippen molar-refractivity contribution in [2.45, 2.75) is 24.3 Å². The summed E-state index contributed by atoms with van der Waals surface area (Å²) in [5.74, 6) is 0.204. The number of para-hydroxylation sites is 1. The van der Waals surface area contributed by atoms with Crippen molar-refractivity contribution in [3.05, 3.63) is 147 Å². The number of aromatic nitrogens is 1. The summed E-state index contributed by atoms with van der Waals surface area (Å²) in [6.07, 6.45) is 4.25. The van der Waals surface area contributed by atoms with E-state index in [4.69, 9.17) is 0 Å². The molecule has 0 N–H and O–H groups in total. The van der Waals surface area contributed by atoms with Gasteiger partial charge in [-0.3, -0.25) is 5.01 Å². The lowest BCUT2D eigenvalue weighted by molar-refractivity contribution is -0.750. The Balaban J connectivity index is 1.42. The summed E-state index contributed by atoms with van der Waals surface area (Å²) in [5, 5.41) is 6.72. The van der Waals surface area contributed by atoms with Crippen molar-refractivity contribution in [1.82, 2.24) is 0 Å². The van der Waals surface area contributed by atoms with E-state index in [-0.39, 0.29) is 11.5 Å². The normalized spacial score (nSPS) is 21.4. The molecule has 2 atom stereocenters. The second-order valence-electron chi connectivity index (χ2n) is 11.5. The zero-order valence-electron chi connectivity index (χ0n) is 21.4. The Bertz CT molecular complexity index is 1960. The molecule has 5 aliphatic rings. The van der Waals surface area contributed by atoms with Gasteiger partial charge >= 0.3 is 0 Å². The van der Waals surface area contributed by atoms with Gasteiger partial charge in [0.2, 0.25) is 5.54 Å². The third kappa shape index (κ3) is 2.15. The number of benzene rings is 4. The SMILES string of the molecule is C=NN1CC23c4c1cccc4N1c4ccccc4Cc4ccc(c2c41)C1c2ccccc2Cc2ccc[n+]3c21. The highest BCUT2D eigenvalue weighted by Crippen LogP contribution is 2.63. The summed E-state index contributed by atoms with van der Waals surface area (Å²) in [7, 11) is 0. The molecular weight excluding hydrogens is 476 g/mol. The van der Waals surface area contributed by atoms with Crippen LogP contribution in [0.25, 0.3) is 0 Å². The zero-order valence-corrected chi connectivity index (χ0v) is 21.4. The average molecular weight is 502 g/mol. The van der Waals surface area contributed by atoms with Crippen molar-refractivity contribution in [3.63, 3.8) is 0 Å². The minimum Gasteiger partial charge on any atom is -0.309 e. The molecule has 4 aromatic carbocycles. The van der Waals surface area contributed by atoms with Gasteiger partial charge < -0.3 is 4.90 Å². The van der Waals surface area contributed by atoms with Crippen molar-refractivity contribution in [3.8, 4) is 0 Å². The van der Waals surface area contributed by atoms with Gasteiger partial charge in [-0.15, -0.1) is 0 Å². The summed E-state index contributed by atoms with van der Waals surface area (Å²) in [4.78, 5) is 2.56. The Morgan fingerprint density at radius 1 is 0.692 bits per heavy atom. The molecule has 1 aromatic heterocycles. The van der Waals surface area contributed by atoms with Crippen LogP contribution in [0.5, 0.6) is 0 Å². The first-order valence-corrected chi connectivity index (χ1v) is 13.8. The molecule has 2 unspecified atom stereocenters. The summed E-state index contributed by atoms with van der Waals surface area (Å²) in [5.41, 5.74) is 17.4. The Kier molecular flexibility index (Phi) is 3.46. The van der Waals surface area contributed by atoms with Gasteiger partial charge in [0.25, 0.3) is 0 Å². The molecule has 0 saturated heterocycles. The standard InChI is InChI=1S/C35H25N4/c1-36-38-20-35-31-26(30-25-11-4-2-8-21(25)18-23-10-7-17-37(35)33(23)30)16-15-24-19-22-9-3-5-12-27(22)39(34(24)31)29-14-6-13-28(38)32(29)35/h2-17,30H,1,18-20H2/q+1. The van der Waals surface area contributed by atoms with Gasteiger partial charge in [0.15, 0.2) is 11.9 Å². The van der Waals surface area contributed by atoms with Crippen molar-refractivity contribution in [1.29, 1.82) is 0 Å². The molecule has 10 rings (SSSR count). The van der Waals surface area contributed by atoms with Crippen LogP contribution in [0, 0.1) is 0 Å². The highest BCUT2D eigenvalue weighted by molar-refractivity contribution is 5.95. The van der Waals surface area contributed by atoms with Gasteiger partial charge in [0.05, 0.1) is 34.1 Å². The number of hydrogen-bond donors (Lipinski definition) is 0. The van der Waals surface area contributed by atoms with Crippen LogP contribution in [0.3, 0.4) is 0 Å². The van der Waals surface area contributed by atoms with E-state index < -0.39 is 0 Å². The molecule has 39 heavy (non-hydrogen) atoms. The molecule has 0 bridgehead atoms. The molecule has 0 fully saturated rings. The van der Waals surface area contributed by atoms with Crippen LogP contribution in [0.2, 0.25) is 0 Å². The number of fused-ring (bicyclic) bond motifs is 6. The maximum atomic E-state index is 4.58. The van der Waals surface area contributed by atoms with Crippen LogP contribution in [-0.2, 0) is 18.4 Å². The predicted molar refractivity (Wildman–Crippen MR) is 154 cm³/mol. The van der Waals surface area contributed by atoms with Crippen molar-refractivity contribution >= 4 is 29.5 Å². The summed E-state index contributed by atoms with van der Waals surface area (Å²) in [6.45, 7) is 4.77. The Morgan fingerprint density at radius 3 is 2.38 bits per heavy atom. The lowest BCUT2D eigenvalue weighted by Crippen LogP contribution is -2.66. The van der Waals surface area contributed by atoms with E-state index in [1.54, 1.807) is 0 Å². The number of hydrogen-bond acceptors (Lipinski definition) is 3. The zero-order chi connectivity index (χ0) is 25.5. The average Bonchev–Trinajstić information content (AvgIpc) is 3.33. The number of nitrogens with zero attached hydrogens (tertiary/aromatic N) is 4. The van der Waals surface area contributed by atoms with Gasteiger partial charge in [0, 0.05) is 36.9 Å². The topological polar surface area (TPSA) is 22.7 Å². The second-order valence-corrected chi connectivity index (χ2v) is 11.5. The minimum absolute atomic E-state index is 0.204. The molecular formula is C35H25N4+. The fraction of sp³-hybridized carbons (Fsp3) is 0.143. The van der Waals surface area contributed by atoms with Crippen LogP contribution >= 0.6 is 0 Å². The molecule has 4 aliphatic heterocycles. The maximum Gasteiger partial charge on any atom is 0.244 e. The highest BCUT2D eigenvalue weighted by atomic mass is 15.5. The minimum atomic E-state index is -0.370. The van der Waals surface area contributed by atoms with Crippen LogP contribution in [0.15, 0.2) is 102 Å². The first kappa shape index (κ1) is 20.3. The van der Waals surface area contributed by atoms with Crippen molar-refractivity contribution in [2.24, 2.45) is 5.10 Å². The van der Waals surface area contributed by atoms with E-state index in [1.807, 2.05) is 0 Å². The highest BCUT2D eigenvalue weighted by Gasteiger charge is 2.64. The van der Waals surface area contributed by atoms with Crippen LogP contribution in [-0.4, -0.2) is 13.3 Å². The molecule has 5 heterocycles. The van der Waals surface area contributed by atoms with Gasteiger partial charge in [0.1, 0.15) is 6.54 Å². The van der Waals surface area contributed by atoms with Crippen LogP contribution < -0.4 is 14.5 Å². The molecule has 4 nitrogen and oxygen atoms in total. The molecule has 1 spiro atoms. The lowest BCUT2D eigenvalue weighted by Gasteiger charge is -2.47. The fourth-order valence-corrected chi connectivity index (χ4v) is 8.58. The van der Waals surface area contributed by atoms with E-state index in [0.717, 1.165) is 25.1 Å². The first-order valence-electron chi connectivity index (χ1n) is 13.8. The summed E-state index contributed by atoms with van der Waals surface area (Å²) in [6, 6.07) is 34.2. The molecule has 0 radical (unpaired) electrons. The van der Waals surface area contributed by atoms with E-state index in [9.17, 15) is 0 Å². The Labute approximate surface area is 227 Å². The third-order valence-electron chi connectivity index (χ3n) is 9.91. The van der Waals surface area contributed by atoms with Gasteiger partial charge in [-0.05, 0) is 52.1 Å². The van der Waals surface area contributed by atoms with Gasteiger partial charge in [-0.1, -0.05) is 60.7 Å². The van der Waals surface area contributed by atoms with Gasteiger partial charge in [-0.2, -0.15) is 9.67 Å². The monoisotopic (exact) mass is 501 g/mol. The number of hydrazone groups is 1. The van der Waals surface area contributed by atoms with Crippen LogP contribution in [0.1, 0.15) is 56.1 Å². The Morgan fingerprint density at radius 2 is 1.46 bits per heavy atom. The second kappa shape index (κ2) is 6.65. The van der Waals surface area contributed by atoms with E-state index in [2.05, 4.69) is 123 Å². The lowest BCUT2D eigenvalue weighted by atomic mass is 9.65. The molecule has 0 saturated carbocycles.